The van der Waals surface area contributed by atoms with E-state index in [9.17, 15) is 19.8 Å². The van der Waals surface area contributed by atoms with E-state index in [2.05, 4.69) is 4.98 Å². The van der Waals surface area contributed by atoms with Gasteiger partial charge in [0.1, 0.15) is 0 Å². The number of carbonyl (C=O) groups is 2. The van der Waals surface area contributed by atoms with E-state index in [0.29, 0.717) is 22.3 Å². The Hall–Kier alpha value is -2.74. The first-order chi connectivity index (χ1) is 14.9. The van der Waals surface area contributed by atoms with Gasteiger partial charge in [0.15, 0.2) is 5.13 Å². The SMILES string of the molecule is O=C(O)C[C@@H]1C(=O)N(c2nc(-c3ccccc3Cl)cs2)CC(O)C[C@@H]1c1ccccc1. The van der Waals surface area contributed by atoms with Crippen molar-refractivity contribution >= 4 is 39.9 Å². The summed E-state index contributed by atoms with van der Waals surface area (Å²) in [6.07, 6.45) is -0.822. The number of aliphatic hydroxyl groups excluding tert-OH is 1. The molecule has 2 N–H and O–H groups in total. The summed E-state index contributed by atoms with van der Waals surface area (Å²) in [7, 11) is 0. The van der Waals surface area contributed by atoms with Crippen LogP contribution in [0.5, 0.6) is 0 Å². The summed E-state index contributed by atoms with van der Waals surface area (Å²) in [5.41, 5.74) is 2.23. The van der Waals surface area contributed by atoms with Gasteiger partial charge in [0, 0.05) is 16.0 Å². The lowest BCUT2D eigenvalue weighted by Crippen LogP contribution is -2.39. The molecule has 1 unspecified atom stereocenters. The average Bonchev–Trinajstić information content (AvgIpc) is 3.20. The molecule has 0 radical (unpaired) electrons. The summed E-state index contributed by atoms with van der Waals surface area (Å²) >= 11 is 7.55. The van der Waals surface area contributed by atoms with Crippen LogP contribution in [0.1, 0.15) is 24.3 Å². The summed E-state index contributed by atoms with van der Waals surface area (Å²) < 4.78 is 0. The number of rotatable bonds is 5. The van der Waals surface area contributed by atoms with E-state index in [1.165, 1.54) is 16.2 Å². The van der Waals surface area contributed by atoms with Crippen molar-refractivity contribution < 1.29 is 19.8 Å². The van der Waals surface area contributed by atoms with Crippen LogP contribution in [0.3, 0.4) is 0 Å². The van der Waals surface area contributed by atoms with Gasteiger partial charge in [-0.1, -0.05) is 60.1 Å². The maximum atomic E-state index is 13.5. The lowest BCUT2D eigenvalue weighted by Gasteiger charge is -2.25. The van der Waals surface area contributed by atoms with Gasteiger partial charge in [-0.15, -0.1) is 11.3 Å². The molecule has 0 spiro atoms. The zero-order valence-electron chi connectivity index (χ0n) is 16.5. The van der Waals surface area contributed by atoms with E-state index in [4.69, 9.17) is 11.6 Å². The van der Waals surface area contributed by atoms with E-state index >= 15 is 0 Å². The molecule has 0 bridgehead atoms. The first kappa shape index (κ1) is 21.5. The normalized spacial score (nSPS) is 21.7. The van der Waals surface area contributed by atoms with E-state index in [0.717, 1.165) is 11.1 Å². The Morgan fingerprint density at radius 3 is 2.58 bits per heavy atom. The standard InChI is InChI=1S/C23H21ClN2O4S/c24-19-9-5-4-8-16(19)20-13-31-23(25-20)26-12-15(27)10-17(14-6-2-1-3-7-14)18(22(26)30)11-21(28)29/h1-9,13,15,17-18,27H,10-12H2,(H,28,29)/t15?,17-,18+/m1/s1. The van der Waals surface area contributed by atoms with Crippen LogP contribution in [0.15, 0.2) is 60.0 Å². The minimum atomic E-state index is -1.05. The second-order valence-corrected chi connectivity index (χ2v) is 8.80. The number of β-amino-alcohol motifs (C(OH)–C–C–N with tert-alkyl or cyclic N) is 1. The van der Waals surface area contributed by atoms with E-state index in [-0.39, 0.29) is 18.9 Å². The number of hydrogen-bond acceptors (Lipinski definition) is 5. The molecule has 2 heterocycles. The van der Waals surface area contributed by atoms with Gasteiger partial charge in [-0.05, 0) is 24.0 Å². The quantitative estimate of drug-likeness (QED) is 0.592. The predicted molar refractivity (Wildman–Crippen MR) is 120 cm³/mol. The zero-order valence-corrected chi connectivity index (χ0v) is 18.1. The second-order valence-electron chi connectivity index (χ2n) is 7.56. The Labute approximate surface area is 188 Å². The fourth-order valence-electron chi connectivity index (χ4n) is 4.04. The molecule has 1 fully saturated rings. The number of carbonyl (C=O) groups excluding carboxylic acids is 1. The molecule has 31 heavy (non-hydrogen) atoms. The van der Waals surface area contributed by atoms with Crippen molar-refractivity contribution in [3.8, 4) is 11.3 Å². The van der Waals surface area contributed by atoms with Gasteiger partial charge in [-0.2, -0.15) is 0 Å². The lowest BCUT2D eigenvalue weighted by molar-refractivity contribution is -0.141. The van der Waals surface area contributed by atoms with Crippen LogP contribution in [-0.2, 0) is 9.59 Å². The van der Waals surface area contributed by atoms with Crippen molar-refractivity contribution in [2.45, 2.75) is 24.9 Å². The number of nitrogens with zero attached hydrogens (tertiary/aromatic N) is 2. The smallest absolute Gasteiger partial charge is 0.304 e. The van der Waals surface area contributed by atoms with Gasteiger partial charge < -0.3 is 10.2 Å². The molecular formula is C23H21ClN2O4S. The lowest BCUT2D eigenvalue weighted by atomic mass is 9.80. The van der Waals surface area contributed by atoms with Crippen LogP contribution in [0.2, 0.25) is 5.02 Å². The third kappa shape index (κ3) is 4.63. The monoisotopic (exact) mass is 456 g/mol. The van der Waals surface area contributed by atoms with Crippen molar-refractivity contribution in [1.29, 1.82) is 0 Å². The number of aliphatic hydroxyl groups is 1. The van der Waals surface area contributed by atoms with Crippen molar-refractivity contribution in [3.05, 3.63) is 70.6 Å². The van der Waals surface area contributed by atoms with E-state index in [1.807, 2.05) is 53.9 Å². The number of thiazole rings is 1. The predicted octanol–water partition coefficient (Wildman–Crippen LogP) is 4.44. The summed E-state index contributed by atoms with van der Waals surface area (Å²) in [6.45, 7) is 0.0633. The highest BCUT2D eigenvalue weighted by Gasteiger charge is 2.40. The molecular weight excluding hydrogens is 436 g/mol. The Morgan fingerprint density at radius 1 is 1.16 bits per heavy atom. The summed E-state index contributed by atoms with van der Waals surface area (Å²) in [6, 6.07) is 16.6. The van der Waals surface area contributed by atoms with E-state index < -0.39 is 23.9 Å². The molecule has 8 heteroatoms. The van der Waals surface area contributed by atoms with Crippen LogP contribution < -0.4 is 4.90 Å². The number of halogens is 1. The van der Waals surface area contributed by atoms with Crippen LogP contribution in [-0.4, -0.2) is 39.7 Å². The van der Waals surface area contributed by atoms with Crippen molar-refractivity contribution in [3.63, 3.8) is 0 Å². The summed E-state index contributed by atoms with van der Waals surface area (Å²) in [4.78, 5) is 31.1. The molecule has 1 amide bonds. The fraction of sp³-hybridized carbons (Fsp3) is 0.261. The molecule has 0 saturated carbocycles. The molecule has 1 aromatic heterocycles. The van der Waals surface area contributed by atoms with E-state index in [1.54, 1.807) is 6.07 Å². The Balaban J connectivity index is 1.70. The molecule has 1 aliphatic heterocycles. The van der Waals surface area contributed by atoms with Crippen molar-refractivity contribution in [2.75, 3.05) is 11.4 Å². The highest BCUT2D eigenvalue weighted by atomic mass is 35.5. The maximum Gasteiger partial charge on any atom is 0.304 e. The molecule has 2 aromatic carbocycles. The molecule has 160 valence electrons. The Bertz CT molecular complexity index is 1090. The third-order valence-electron chi connectivity index (χ3n) is 5.48. The van der Waals surface area contributed by atoms with Crippen LogP contribution in [0.25, 0.3) is 11.3 Å². The number of anilines is 1. The highest BCUT2D eigenvalue weighted by Crippen LogP contribution is 2.39. The van der Waals surface area contributed by atoms with Gasteiger partial charge in [0.05, 0.1) is 30.7 Å². The Kier molecular flexibility index (Phi) is 6.36. The Morgan fingerprint density at radius 2 is 1.87 bits per heavy atom. The van der Waals surface area contributed by atoms with Gasteiger partial charge in [0.25, 0.3) is 0 Å². The van der Waals surface area contributed by atoms with Crippen molar-refractivity contribution in [1.82, 2.24) is 4.98 Å². The molecule has 0 aliphatic carbocycles. The number of carboxylic acid groups (broad SMARTS) is 1. The number of benzene rings is 2. The molecule has 4 rings (SSSR count). The van der Waals surface area contributed by atoms with Gasteiger partial charge >= 0.3 is 5.97 Å². The largest absolute Gasteiger partial charge is 0.481 e. The fourth-order valence-corrected chi connectivity index (χ4v) is 5.12. The van der Waals surface area contributed by atoms with Crippen LogP contribution in [0.4, 0.5) is 5.13 Å². The number of aromatic nitrogens is 1. The maximum absolute atomic E-state index is 13.5. The minimum absolute atomic E-state index is 0.0633. The first-order valence-electron chi connectivity index (χ1n) is 9.90. The molecule has 1 saturated heterocycles. The number of aliphatic carboxylic acids is 1. The molecule has 6 nitrogen and oxygen atoms in total. The number of carboxylic acids is 1. The van der Waals surface area contributed by atoms with Crippen LogP contribution in [0, 0.1) is 5.92 Å². The minimum Gasteiger partial charge on any atom is -0.481 e. The second kappa shape index (κ2) is 9.18. The average molecular weight is 457 g/mol. The molecule has 3 atom stereocenters. The van der Waals surface area contributed by atoms with Gasteiger partial charge in [-0.3, -0.25) is 14.5 Å². The zero-order chi connectivity index (χ0) is 22.0. The third-order valence-corrected chi connectivity index (χ3v) is 6.68. The molecule has 1 aliphatic rings. The van der Waals surface area contributed by atoms with Crippen molar-refractivity contribution in [2.24, 2.45) is 5.92 Å². The summed E-state index contributed by atoms with van der Waals surface area (Å²) in [5.74, 6) is -2.59. The van der Waals surface area contributed by atoms with Crippen LogP contribution >= 0.6 is 22.9 Å². The number of hydrogen-bond donors (Lipinski definition) is 2. The summed E-state index contributed by atoms with van der Waals surface area (Å²) in [5, 5.41) is 23.0. The first-order valence-corrected chi connectivity index (χ1v) is 11.2. The van der Waals surface area contributed by atoms with Gasteiger partial charge in [0.2, 0.25) is 5.91 Å². The topological polar surface area (TPSA) is 90.7 Å². The van der Waals surface area contributed by atoms with Gasteiger partial charge in [-0.25, -0.2) is 4.98 Å². The highest BCUT2D eigenvalue weighted by molar-refractivity contribution is 7.14. The number of amides is 1. The molecule has 3 aromatic rings.